The second-order valence-corrected chi connectivity index (χ2v) is 5.15. The Labute approximate surface area is 136 Å². The van der Waals surface area contributed by atoms with Gasteiger partial charge in [-0.15, -0.1) is 0 Å². The summed E-state index contributed by atoms with van der Waals surface area (Å²) in [5.74, 6) is -0.405. The second-order valence-electron chi connectivity index (χ2n) is 5.15. The summed E-state index contributed by atoms with van der Waals surface area (Å²) in [5.41, 5.74) is 1.30. The van der Waals surface area contributed by atoms with Crippen LogP contribution in [0.25, 0.3) is 0 Å². The summed E-state index contributed by atoms with van der Waals surface area (Å²) in [6.07, 6.45) is 6.25. The highest BCUT2D eigenvalue weighted by atomic mass is 16.5. The molecular formula is C18H22N2O3. The zero-order valence-corrected chi connectivity index (χ0v) is 13.5. The van der Waals surface area contributed by atoms with E-state index in [1.165, 1.54) is 4.90 Å². The van der Waals surface area contributed by atoms with Crippen LogP contribution in [0.2, 0.25) is 0 Å². The summed E-state index contributed by atoms with van der Waals surface area (Å²) in [6, 6.07) is 8.72. The number of allylic oxidation sites excluding steroid dienone is 1. The van der Waals surface area contributed by atoms with Gasteiger partial charge < -0.3 is 15.0 Å². The molecule has 1 heterocycles. The van der Waals surface area contributed by atoms with Gasteiger partial charge in [-0.2, -0.15) is 0 Å². The molecule has 0 saturated heterocycles. The molecule has 1 atom stereocenters. The fraction of sp³-hybridized carbons (Fsp3) is 0.333. The zero-order chi connectivity index (χ0) is 16.7. The molecule has 122 valence electrons. The van der Waals surface area contributed by atoms with Gasteiger partial charge in [-0.25, -0.2) is 9.59 Å². The summed E-state index contributed by atoms with van der Waals surface area (Å²) in [7, 11) is 0. The predicted octanol–water partition coefficient (Wildman–Crippen LogP) is 3.17. The summed E-state index contributed by atoms with van der Waals surface area (Å²) in [6.45, 7) is 4.51. The van der Waals surface area contributed by atoms with Crippen molar-refractivity contribution in [3.05, 3.63) is 59.8 Å². The molecule has 0 fully saturated rings. The fourth-order valence-electron chi connectivity index (χ4n) is 2.42. The molecule has 1 aromatic rings. The Morgan fingerprint density at radius 3 is 2.74 bits per heavy atom. The highest BCUT2D eigenvalue weighted by Gasteiger charge is 2.32. The van der Waals surface area contributed by atoms with Crippen molar-refractivity contribution in [3.8, 4) is 0 Å². The quantitative estimate of drug-likeness (QED) is 0.648. The van der Waals surface area contributed by atoms with Crippen LogP contribution in [-0.4, -0.2) is 30.1 Å². The van der Waals surface area contributed by atoms with Crippen LogP contribution < -0.4 is 5.32 Å². The number of nitrogens with zero attached hydrogens (tertiary/aromatic N) is 1. The van der Waals surface area contributed by atoms with Crippen LogP contribution in [0.3, 0.4) is 0 Å². The van der Waals surface area contributed by atoms with E-state index in [0.29, 0.717) is 18.7 Å². The fourth-order valence-corrected chi connectivity index (χ4v) is 2.42. The van der Waals surface area contributed by atoms with Crippen LogP contribution in [0.5, 0.6) is 0 Å². The molecule has 5 nitrogen and oxygen atoms in total. The van der Waals surface area contributed by atoms with Gasteiger partial charge in [0.1, 0.15) is 0 Å². The first-order valence-corrected chi connectivity index (χ1v) is 7.79. The molecule has 1 aliphatic heterocycles. The maximum absolute atomic E-state index is 12.3. The van der Waals surface area contributed by atoms with E-state index in [9.17, 15) is 9.59 Å². The smallest absolute Gasteiger partial charge is 0.337 e. The van der Waals surface area contributed by atoms with Gasteiger partial charge in [0, 0.05) is 12.7 Å². The molecule has 1 aliphatic rings. The van der Waals surface area contributed by atoms with Crippen molar-refractivity contribution >= 4 is 12.0 Å². The Balaban J connectivity index is 2.30. The molecule has 1 unspecified atom stereocenters. The number of ether oxygens (including phenoxy) is 1. The minimum Gasteiger partial charge on any atom is -0.463 e. The van der Waals surface area contributed by atoms with E-state index in [2.05, 4.69) is 5.32 Å². The van der Waals surface area contributed by atoms with Crippen molar-refractivity contribution in [1.29, 1.82) is 0 Å². The van der Waals surface area contributed by atoms with E-state index < -0.39 is 12.0 Å². The van der Waals surface area contributed by atoms with E-state index in [4.69, 9.17) is 4.74 Å². The van der Waals surface area contributed by atoms with Gasteiger partial charge in [-0.1, -0.05) is 42.5 Å². The predicted molar refractivity (Wildman–Crippen MR) is 88.6 cm³/mol. The molecule has 0 aromatic heterocycles. The third-order valence-electron chi connectivity index (χ3n) is 3.55. The molecule has 0 aliphatic carbocycles. The molecule has 0 saturated carbocycles. The average molecular weight is 314 g/mol. The topological polar surface area (TPSA) is 58.6 Å². The summed E-state index contributed by atoms with van der Waals surface area (Å²) in [5, 5.41) is 2.89. The molecule has 2 rings (SSSR count). The highest BCUT2D eigenvalue weighted by Crippen LogP contribution is 2.27. The van der Waals surface area contributed by atoms with Gasteiger partial charge in [0.05, 0.1) is 18.2 Å². The number of rotatable bonds is 6. The monoisotopic (exact) mass is 314 g/mol. The van der Waals surface area contributed by atoms with Gasteiger partial charge in [-0.3, -0.25) is 0 Å². The number of amides is 2. The number of hydrogen-bond acceptors (Lipinski definition) is 3. The number of benzene rings is 1. The third-order valence-corrected chi connectivity index (χ3v) is 3.55. The normalized spacial score (nSPS) is 17.8. The van der Waals surface area contributed by atoms with Crippen LogP contribution in [0, 0.1) is 0 Å². The number of carbonyl (C=O) groups excluding carboxylic acids is 2. The van der Waals surface area contributed by atoms with Crippen molar-refractivity contribution in [3.63, 3.8) is 0 Å². The molecule has 5 heteroatoms. The Morgan fingerprint density at radius 2 is 2.09 bits per heavy atom. The minimum atomic E-state index is -0.485. The van der Waals surface area contributed by atoms with E-state index in [1.54, 1.807) is 13.1 Å². The summed E-state index contributed by atoms with van der Waals surface area (Å²) in [4.78, 5) is 26.1. The molecular weight excluding hydrogens is 292 g/mol. The SMILES string of the molecule is CC=CCCN1C=C(C(=O)OCC)C(c2ccccc2)NC1=O. The molecule has 1 aromatic carbocycles. The Bertz CT molecular complexity index is 608. The zero-order valence-electron chi connectivity index (χ0n) is 13.5. The first-order chi connectivity index (χ1) is 11.2. The largest absolute Gasteiger partial charge is 0.463 e. The van der Waals surface area contributed by atoms with Gasteiger partial charge in [0.15, 0.2) is 0 Å². The molecule has 0 spiro atoms. The first kappa shape index (κ1) is 16.8. The molecule has 1 N–H and O–H groups in total. The number of hydrogen-bond donors (Lipinski definition) is 1. The molecule has 0 bridgehead atoms. The summed E-state index contributed by atoms with van der Waals surface area (Å²) < 4.78 is 5.14. The van der Waals surface area contributed by atoms with Crippen molar-refractivity contribution in [2.45, 2.75) is 26.3 Å². The van der Waals surface area contributed by atoms with Gasteiger partial charge in [-0.05, 0) is 25.8 Å². The molecule has 2 amide bonds. The van der Waals surface area contributed by atoms with Crippen molar-refractivity contribution in [2.24, 2.45) is 0 Å². The molecule has 23 heavy (non-hydrogen) atoms. The van der Waals surface area contributed by atoms with Crippen LogP contribution >= 0.6 is 0 Å². The Morgan fingerprint density at radius 1 is 1.35 bits per heavy atom. The van der Waals surface area contributed by atoms with Crippen LogP contribution in [-0.2, 0) is 9.53 Å². The van der Waals surface area contributed by atoms with E-state index in [0.717, 1.165) is 12.0 Å². The van der Waals surface area contributed by atoms with Crippen molar-refractivity contribution < 1.29 is 14.3 Å². The Kier molecular flexibility index (Phi) is 5.97. The van der Waals surface area contributed by atoms with Gasteiger partial charge in [0.2, 0.25) is 0 Å². The maximum Gasteiger partial charge on any atom is 0.337 e. The van der Waals surface area contributed by atoms with E-state index in [-0.39, 0.29) is 6.03 Å². The lowest BCUT2D eigenvalue weighted by Crippen LogP contribution is -2.45. The number of carbonyl (C=O) groups is 2. The lowest BCUT2D eigenvalue weighted by Gasteiger charge is -2.31. The van der Waals surface area contributed by atoms with Crippen molar-refractivity contribution in [2.75, 3.05) is 13.2 Å². The van der Waals surface area contributed by atoms with Crippen LogP contribution in [0.1, 0.15) is 31.9 Å². The van der Waals surface area contributed by atoms with Crippen LogP contribution in [0.15, 0.2) is 54.3 Å². The lowest BCUT2D eigenvalue weighted by molar-refractivity contribution is -0.139. The second kappa shape index (κ2) is 8.17. The number of nitrogens with one attached hydrogen (secondary N) is 1. The van der Waals surface area contributed by atoms with E-state index in [1.807, 2.05) is 49.4 Å². The third kappa shape index (κ3) is 4.22. The highest BCUT2D eigenvalue weighted by molar-refractivity contribution is 5.93. The van der Waals surface area contributed by atoms with Crippen LogP contribution in [0.4, 0.5) is 4.79 Å². The maximum atomic E-state index is 12.3. The van der Waals surface area contributed by atoms with Gasteiger partial charge >= 0.3 is 12.0 Å². The van der Waals surface area contributed by atoms with Crippen molar-refractivity contribution in [1.82, 2.24) is 10.2 Å². The number of urea groups is 1. The standard InChI is InChI=1S/C18H22N2O3/c1-3-5-9-12-20-13-15(17(21)23-4-2)16(19-18(20)22)14-10-7-6-8-11-14/h3,5-8,10-11,13,16H,4,9,12H2,1-2H3,(H,19,22). The Hall–Kier alpha value is -2.56. The first-order valence-electron chi connectivity index (χ1n) is 7.79. The summed E-state index contributed by atoms with van der Waals surface area (Å²) >= 11 is 0. The molecule has 0 radical (unpaired) electrons. The average Bonchev–Trinajstić information content (AvgIpc) is 2.57. The van der Waals surface area contributed by atoms with E-state index >= 15 is 0 Å². The minimum absolute atomic E-state index is 0.212. The van der Waals surface area contributed by atoms with Gasteiger partial charge in [0.25, 0.3) is 0 Å². The lowest BCUT2D eigenvalue weighted by atomic mass is 9.98. The number of esters is 1.